The van der Waals surface area contributed by atoms with Crippen molar-refractivity contribution in [1.29, 1.82) is 0 Å². The lowest BCUT2D eigenvalue weighted by atomic mass is 10.0. The normalized spacial score (nSPS) is 14.2. The Morgan fingerprint density at radius 2 is 2.04 bits per heavy atom. The first-order chi connectivity index (χ1) is 12.6. The summed E-state index contributed by atoms with van der Waals surface area (Å²) in [6.07, 6.45) is 1.06. The third-order valence-electron chi connectivity index (χ3n) is 5.24. The summed E-state index contributed by atoms with van der Waals surface area (Å²) in [4.78, 5) is 12.9. The van der Waals surface area contributed by atoms with Gasteiger partial charge in [-0.25, -0.2) is 4.98 Å². The summed E-state index contributed by atoms with van der Waals surface area (Å²) in [5.74, 6) is 0. The number of aromatic nitrogens is 2. The molecule has 0 fully saturated rings. The number of H-pyrrole nitrogens is 1. The van der Waals surface area contributed by atoms with Gasteiger partial charge in [-0.2, -0.15) is 0 Å². The fourth-order valence-electron chi connectivity index (χ4n) is 3.84. The predicted octanol–water partition coefficient (Wildman–Crippen LogP) is 4.71. The van der Waals surface area contributed by atoms with Crippen molar-refractivity contribution in [2.75, 3.05) is 30.4 Å². The highest BCUT2D eigenvalue weighted by Gasteiger charge is 2.21. The molecule has 5 rings (SSSR count). The van der Waals surface area contributed by atoms with Crippen molar-refractivity contribution in [1.82, 2.24) is 9.97 Å². The number of benzene rings is 2. The van der Waals surface area contributed by atoms with Crippen molar-refractivity contribution in [3.63, 3.8) is 0 Å². The molecule has 26 heavy (non-hydrogen) atoms. The average molecular weight is 363 g/mol. The number of nitrogens with zero attached hydrogens (tertiary/aromatic N) is 3. The van der Waals surface area contributed by atoms with E-state index in [1.807, 2.05) is 14.1 Å². The maximum atomic E-state index is 4.78. The fourth-order valence-corrected chi connectivity index (χ4v) is 4.71. The Kier molecular flexibility index (Phi) is 3.47. The molecular formula is C21H22N4S. The molecule has 132 valence electrons. The van der Waals surface area contributed by atoms with Crippen LogP contribution in [0, 0.1) is 6.92 Å². The van der Waals surface area contributed by atoms with Gasteiger partial charge in [-0.15, -0.1) is 0 Å². The number of fused-ring (bicyclic) bond motifs is 4. The van der Waals surface area contributed by atoms with Crippen LogP contribution in [-0.2, 0) is 13.0 Å². The zero-order chi connectivity index (χ0) is 17.8. The second-order valence-electron chi connectivity index (χ2n) is 7.35. The molecule has 1 N–H and O–H groups in total. The summed E-state index contributed by atoms with van der Waals surface area (Å²) < 4.78 is 1.25. The van der Waals surface area contributed by atoms with Crippen LogP contribution in [0.5, 0.6) is 0 Å². The Bertz CT molecular complexity index is 1120. The van der Waals surface area contributed by atoms with Crippen molar-refractivity contribution in [3.8, 4) is 0 Å². The Hall–Kier alpha value is -2.53. The quantitative estimate of drug-likeness (QED) is 0.561. The average Bonchev–Trinajstić information content (AvgIpc) is 3.21. The van der Waals surface area contributed by atoms with Crippen molar-refractivity contribution in [2.45, 2.75) is 19.9 Å². The van der Waals surface area contributed by atoms with Crippen LogP contribution in [0.15, 0.2) is 36.4 Å². The number of nitrogens with one attached hydrogen (secondary N) is 1. The summed E-state index contributed by atoms with van der Waals surface area (Å²) in [6, 6.07) is 13.4. The molecule has 3 heterocycles. The molecule has 0 bridgehead atoms. The molecule has 0 atom stereocenters. The minimum absolute atomic E-state index is 0.953. The molecule has 5 heteroatoms. The highest BCUT2D eigenvalue weighted by Crippen LogP contribution is 2.34. The van der Waals surface area contributed by atoms with E-state index in [9.17, 15) is 0 Å². The van der Waals surface area contributed by atoms with E-state index in [-0.39, 0.29) is 0 Å². The van der Waals surface area contributed by atoms with E-state index >= 15 is 0 Å². The van der Waals surface area contributed by atoms with Crippen LogP contribution in [0.1, 0.15) is 16.8 Å². The van der Waals surface area contributed by atoms with Gasteiger partial charge in [0.25, 0.3) is 0 Å². The minimum atomic E-state index is 0.953. The molecule has 0 unspecified atom stereocenters. The van der Waals surface area contributed by atoms with Gasteiger partial charge in [0, 0.05) is 61.5 Å². The summed E-state index contributed by atoms with van der Waals surface area (Å²) in [7, 11) is 4.09. The molecule has 2 aromatic carbocycles. The molecule has 0 amide bonds. The molecular weight excluding hydrogens is 340 g/mol. The standard InChI is InChI=1S/C21H22N4S/c1-13-4-6-17-15(10-13)16-12-25(9-8-18(16)22-17)14-5-7-20-19(11-14)23-21(26-20)24(2)3/h4-7,10-11,22H,8-9,12H2,1-3H3. The van der Waals surface area contributed by atoms with Gasteiger partial charge < -0.3 is 14.8 Å². The van der Waals surface area contributed by atoms with E-state index in [4.69, 9.17) is 4.98 Å². The van der Waals surface area contributed by atoms with E-state index in [0.717, 1.165) is 30.2 Å². The summed E-state index contributed by atoms with van der Waals surface area (Å²) in [5, 5.41) is 2.43. The van der Waals surface area contributed by atoms with Crippen LogP contribution < -0.4 is 9.80 Å². The molecule has 0 aliphatic carbocycles. The highest BCUT2D eigenvalue weighted by atomic mass is 32.1. The van der Waals surface area contributed by atoms with Gasteiger partial charge in [0.1, 0.15) is 0 Å². The number of thiazole rings is 1. The molecule has 1 aliphatic rings. The lowest BCUT2D eigenvalue weighted by Crippen LogP contribution is -2.29. The maximum Gasteiger partial charge on any atom is 0.185 e. The third-order valence-corrected chi connectivity index (χ3v) is 6.44. The molecule has 0 saturated heterocycles. The van der Waals surface area contributed by atoms with Crippen LogP contribution in [0.25, 0.3) is 21.1 Å². The van der Waals surface area contributed by atoms with Crippen LogP contribution in [0.4, 0.5) is 10.8 Å². The van der Waals surface area contributed by atoms with E-state index in [1.54, 1.807) is 11.3 Å². The summed E-state index contributed by atoms with van der Waals surface area (Å²) >= 11 is 1.75. The first kappa shape index (κ1) is 15.7. The molecule has 4 aromatic rings. The van der Waals surface area contributed by atoms with Gasteiger partial charge in [-0.05, 0) is 37.3 Å². The smallest absolute Gasteiger partial charge is 0.185 e. The molecule has 0 radical (unpaired) electrons. The molecule has 0 saturated carbocycles. The molecule has 4 nitrogen and oxygen atoms in total. The zero-order valence-corrected chi connectivity index (χ0v) is 16.2. The number of rotatable bonds is 2. The number of hydrogen-bond acceptors (Lipinski definition) is 4. The number of hydrogen-bond donors (Lipinski definition) is 1. The van der Waals surface area contributed by atoms with Gasteiger partial charge in [0.15, 0.2) is 5.13 Å². The number of aryl methyl sites for hydroxylation is 1. The highest BCUT2D eigenvalue weighted by molar-refractivity contribution is 7.22. The van der Waals surface area contributed by atoms with E-state index < -0.39 is 0 Å². The van der Waals surface area contributed by atoms with Crippen LogP contribution in [0.2, 0.25) is 0 Å². The second-order valence-corrected chi connectivity index (χ2v) is 8.35. The third kappa shape index (κ3) is 2.46. The van der Waals surface area contributed by atoms with Crippen LogP contribution in [-0.4, -0.2) is 30.6 Å². The van der Waals surface area contributed by atoms with Crippen LogP contribution in [0.3, 0.4) is 0 Å². The largest absolute Gasteiger partial charge is 0.367 e. The van der Waals surface area contributed by atoms with E-state index in [2.05, 4.69) is 58.1 Å². The Labute approximate surface area is 157 Å². The van der Waals surface area contributed by atoms with Gasteiger partial charge in [-0.3, -0.25) is 0 Å². The molecule has 1 aliphatic heterocycles. The van der Waals surface area contributed by atoms with Crippen molar-refractivity contribution < 1.29 is 0 Å². The van der Waals surface area contributed by atoms with E-state index in [1.165, 1.54) is 38.1 Å². The topological polar surface area (TPSA) is 35.2 Å². The Balaban J connectivity index is 1.53. The maximum absolute atomic E-state index is 4.78. The Morgan fingerprint density at radius 1 is 1.15 bits per heavy atom. The lowest BCUT2D eigenvalue weighted by Gasteiger charge is -2.29. The second kappa shape index (κ2) is 5.74. The summed E-state index contributed by atoms with van der Waals surface area (Å²) in [5.41, 5.74) is 7.77. The number of aromatic amines is 1. The van der Waals surface area contributed by atoms with Crippen LogP contribution >= 0.6 is 11.3 Å². The molecule has 2 aromatic heterocycles. The van der Waals surface area contributed by atoms with Gasteiger partial charge in [0.2, 0.25) is 0 Å². The minimum Gasteiger partial charge on any atom is -0.367 e. The van der Waals surface area contributed by atoms with Gasteiger partial charge in [-0.1, -0.05) is 23.0 Å². The van der Waals surface area contributed by atoms with Gasteiger partial charge >= 0.3 is 0 Å². The van der Waals surface area contributed by atoms with Crippen molar-refractivity contribution in [3.05, 3.63) is 53.2 Å². The Morgan fingerprint density at radius 3 is 2.88 bits per heavy atom. The number of anilines is 2. The first-order valence-corrected chi connectivity index (χ1v) is 9.83. The SMILES string of the molecule is Cc1ccc2[nH]c3c(c2c1)CN(c1ccc2sc(N(C)C)nc2c1)CC3. The summed E-state index contributed by atoms with van der Waals surface area (Å²) in [6.45, 7) is 4.15. The lowest BCUT2D eigenvalue weighted by molar-refractivity contribution is 0.726. The van der Waals surface area contributed by atoms with Crippen molar-refractivity contribution in [2.24, 2.45) is 0 Å². The predicted molar refractivity (Wildman–Crippen MR) is 112 cm³/mol. The van der Waals surface area contributed by atoms with Crippen molar-refractivity contribution >= 4 is 43.3 Å². The van der Waals surface area contributed by atoms with E-state index in [0.29, 0.717) is 0 Å². The fraction of sp³-hybridized carbons (Fsp3) is 0.286. The first-order valence-electron chi connectivity index (χ1n) is 9.01. The zero-order valence-electron chi connectivity index (χ0n) is 15.3. The molecule has 0 spiro atoms. The van der Waals surface area contributed by atoms with Gasteiger partial charge in [0.05, 0.1) is 10.2 Å². The monoisotopic (exact) mass is 362 g/mol.